The minimum atomic E-state index is -0.631. The second-order valence-electron chi connectivity index (χ2n) is 1.67. The van der Waals surface area contributed by atoms with Gasteiger partial charge in [-0.2, -0.15) is 0 Å². The highest BCUT2D eigenvalue weighted by atomic mass is 32.7. The van der Waals surface area contributed by atoms with E-state index in [0.29, 0.717) is 5.75 Å². The second-order valence-corrected chi connectivity index (χ2v) is 3.63. The van der Waals surface area contributed by atoms with Crippen LogP contribution in [-0.4, -0.2) is 24.6 Å². The van der Waals surface area contributed by atoms with Gasteiger partial charge in [0.2, 0.25) is 7.66 Å². The van der Waals surface area contributed by atoms with Crippen LogP contribution in [0.1, 0.15) is 0 Å². The molecule has 0 aromatic carbocycles. The zero-order valence-electron chi connectivity index (χ0n) is 4.98. The summed E-state index contributed by atoms with van der Waals surface area (Å²) in [7, 11) is 0.00294. The van der Waals surface area contributed by atoms with E-state index in [0.717, 1.165) is 0 Å². The van der Waals surface area contributed by atoms with Crippen molar-refractivity contribution in [3.8, 4) is 0 Å². The molecule has 1 aliphatic rings. The summed E-state index contributed by atoms with van der Waals surface area (Å²) in [6.45, 7) is 0.279. The Hall–Kier alpha value is -0.280. The van der Waals surface area contributed by atoms with Crippen LogP contribution in [0.3, 0.4) is 0 Å². The highest BCUT2D eigenvalue weighted by Gasteiger charge is 2.24. The maximum Gasteiger partial charge on any atom is 0.508 e. The predicted molar refractivity (Wildman–Crippen MR) is 36.3 cm³/mol. The van der Waals surface area contributed by atoms with E-state index in [4.69, 9.17) is 0 Å². The van der Waals surface area contributed by atoms with Gasteiger partial charge in [-0.1, -0.05) is 11.4 Å². The van der Waals surface area contributed by atoms with Crippen LogP contribution in [0.4, 0.5) is 4.79 Å². The lowest BCUT2D eigenvalue weighted by atomic mass is 10.4. The highest BCUT2D eigenvalue weighted by molar-refractivity contribution is 8.45. The quantitative estimate of drug-likeness (QED) is 0.486. The Morgan fingerprint density at radius 1 is 1.80 bits per heavy atom. The predicted octanol–water partition coefficient (Wildman–Crippen LogP) is 1.46. The first kappa shape index (κ1) is 7.82. The Morgan fingerprint density at radius 3 is 3.10 bits per heavy atom. The van der Waals surface area contributed by atoms with Gasteiger partial charge in [0.05, 0.1) is 0 Å². The van der Waals surface area contributed by atoms with Crippen LogP contribution in [0.2, 0.25) is 0 Å². The first-order valence-electron chi connectivity index (χ1n) is 2.61. The van der Waals surface area contributed by atoms with Gasteiger partial charge in [-0.3, -0.25) is 4.57 Å². The molecule has 4 nitrogen and oxygen atoms in total. The summed E-state index contributed by atoms with van der Waals surface area (Å²) < 4.78 is 19.0. The Balaban J connectivity index is 2.18. The molecule has 1 fully saturated rings. The minimum absolute atomic E-state index is 0.00294. The summed E-state index contributed by atoms with van der Waals surface area (Å²) >= 11 is 1.17. The van der Waals surface area contributed by atoms with E-state index in [1.807, 2.05) is 0 Å². The van der Waals surface area contributed by atoms with Crippen molar-refractivity contribution in [1.82, 2.24) is 0 Å². The number of hydrogen-bond acceptors (Lipinski definition) is 5. The van der Waals surface area contributed by atoms with Gasteiger partial charge in [0.25, 0.3) is 0 Å². The lowest BCUT2D eigenvalue weighted by Gasteiger charge is -1.99. The van der Waals surface area contributed by atoms with Gasteiger partial charge >= 0.3 is 6.16 Å². The molecule has 0 N–H and O–H groups in total. The van der Waals surface area contributed by atoms with Crippen LogP contribution >= 0.6 is 19.0 Å². The summed E-state index contributed by atoms with van der Waals surface area (Å²) in [6, 6.07) is 0. The van der Waals surface area contributed by atoms with E-state index in [2.05, 4.69) is 9.47 Å². The summed E-state index contributed by atoms with van der Waals surface area (Å²) in [5, 5.41) is 0. The average Bonchev–Trinajstić information content (AvgIpc) is 2.31. The summed E-state index contributed by atoms with van der Waals surface area (Å²) in [5.41, 5.74) is 0. The van der Waals surface area contributed by atoms with Crippen LogP contribution in [0.5, 0.6) is 0 Å². The molecular formula is C4H5O4PS. The zero-order chi connectivity index (χ0) is 7.40. The normalized spacial score (nSPS) is 24.4. The van der Waals surface area contributed by atoms with E-state index >= 15 is 0 Å². The SMILES string of the molecule is O=PSCC1COC(=O)O1. The van der Waals surface area contributed by atoms with E-state index in [1.165, 1.54) is 11.4 Å². The van der Waals surface area contributed by atoms with Gasteiger partial charge in [0.15, 0.2) is 0 Å². The van der Waals surface area contributed by atoms with Crippen LogP contribution in [-0.2, 0) is 14.0 Å². The molecule has 1 saturated heterocycles. The van der Waals surface area contributed by atoms with E-state index < -0.39 is 6.16 Å². The van der Waals surface area contributed by atoms with Gasteiger partial charge < -0.3 is 9.47 Å². The van der Waals surface area contributed by atoms with Crippen LogP contribution in [0, 0.1) is 0 Å². The highest BCUT2D eigenvalue weighted by Crippen LogP contribution is 2.21. The molecule has 0 aliphatic carbocycles. The largest absolute Gasteiger partial charge is 0.508 e. The maximum absolute atomic E-state index is 10.3. The zero-order valence-corrected chi connectivity index (χ0v) is 6.69. The minimum Gasteiger partial charge on any atom is -0.430 e. The second kappa shape index (κ2) is 3.78. The van der Waals surface area contributed by atoms with Gasteiger partial charge in [-0.05, 0) is 0 Å². The molecule has 56 valence electrons. The van der Waals surface area contributed by atoms with Gasteiger partial charge in [-0.15, -0.1) is 0 Å². The van der Waals surface area contributed by atoms with Crippen molar-refractivity contribution in [3.05, 3.63) is 0 Å². The third-order valence-corrected chi connectivity index (χ3v) is 2.35. The van der Waals surface area contributed by atoms with Crippen molar-refractivity contribution in [2.24, 2.45) is 0 Å². The average molecular weight is 180 g/mol. The molecule has 0 amide bonds. The number of rotatable bonds is 3. The Morgan fingerprint density at radius 2 is 2.60 bits per heavy atom. The molecule has 0 saturated carbocycles. The van der Waals surface area contributed by atoms with Crippen molar-refractivity contribution < 1.29 is 18.8 Å². The fourth-order valence-corrected chi connectivity index (χ4v) is 1.63. The topological polar surface area (TPSA) is 52.6 Å². The fraction of sp³-hybridized carbons (Fsp3) is 0.750. The monoisotopic (exact) mass is 180 g/mol. The number of carbonyl (C=O) groups excluding carboxylic acids is 1. The molecule has 0 bridgehead atoms. The van der Waals surface area contributed by atoms with Crippen LogP contribution in [0.15, 0.2) is 0 Å². The Kier molecular flexibility index (Phi) is 2.96. The van der Waals surface area contributed by atoms with E-state index in [-0.39, 0.29) is 20.4 Å². The van der Waals surface area contributed by atoms with Crippen molar-refractivity contribution in [3.63, 3.8) is 0 Å². The molecule has 6 heteroatoms. The van der Waals surface area contributed by atoms with Gasteiger partial charge in [-0.25, -0.2) is 4.79 Å². The molecule has 1 atom stereocenters. The fourth-order valence-electron chi connectivity index (χ4n) is 0.561. The standard InChI is InChI=1S/C4H5O4PS/c5-4-7-1-3(8-4)2-10-9-6/h3H,1-2H2. The summed E-state index contributed by atoms with van der Waals surface area (Å²) in [6.07, 6.45) is -0.855. The number of ether oxygens (including phenoxy) is 2. The Bertz CT molecular complexity index is 150. The van der Waals surface area contributed by atoms with Gasteiger partial charge in [0, 0.05) is 5.75 Å². The molecule has 0 radical (unpaired) electrons. The Labute approximate surface area is 63.2 Å². The van der Waals surface area contributed by atoms with Gasteiger partial charge in [0.1, 0.15) is 12.7 Å². The van der Waals surface area contributed by atoms with Crippen molar-refractivity contribution in [2.75, 3.05) is 12.4 Å². The van der Waals surface area contributed by atoms with E-state index in [9.17, 15) is 9.36 Å². The van der Waals surface area contributed by atoms with E-state index in [1.54, 1.807) is 0 Å². The molecule has 0 aromatic heterocycles. The lowest BCUT2D eigenvalue weighted by molar-refractivity contribution is 0.122. The van der Waals surface area contributed by atoms with Crippen molar-refractivity contribution >= 4 is 25.2 Å². The first-order valence-corrected chi connectivity index (χ1v) is 5.01. The van der Waals surface area contributed by atoms with Crippen LogP contribution in [0.25, 0.3) is 0 Å². The molecule has 1 aliphatic heterocycles. The molecule has 0 spiro atoms. The summed E-state index contributed by atoms with van der Waals surface area (Å²) in [5.74, 6) is 0.525. The number of hydrogen-bond donors (Lipinski definition) is 0. The van der Waals surface area contributed by atoms with Crippen LogP contribution < -0.4 is 0 Å². The molecular weight excluding hydrogens is 175 g/mol. The van der Waals surface area contributed by atoms with Crippen molar-refractivity contribution in [1.29, 1.82) is 0 Å². The summed E-state index contributed by atoms with van der Waals surface area (Å²) in [4.78, 5) is 10.3. The van der Waals surface area contributed by atoms with Crippen molar-refractivity contribution in [2.45, 2.75) is 6.10 Å². The molecule has 1 heterocycles. The molecule has 1 rings (SSSR count). The maximum atomic E-state index is 10.3. The molecule has 10 heavy (non-hydrogen) atoms. The number of cyclic esters (lactones) is 2. The smallest absolute Gasteiger partial charge is 0.430 e. The third-order valence-electron chi connectivity index (χ3n) is 0.963. The third kappa shape index (κ3) is 2.15. The molecule has 0 aromatic rings. The first-order chi connectivity index (χ1) is 4.83. The molecule has 1 unspecified atom stereocenters. The lowest BCUT2D eigenvalue weighted by Crippen LogP contribution is -2.11. The number of carbonyl (C=O) groups is 1.